The van der Waals surface area contributed by atoms with Crippen molar-refractivity contribution < 1.29 is 4.79 Å². The summed E-state index contributed by atoms with van der Waals surface area (Å²) in [5.41, 5.74) is 5.35. The van der Waals surface area contributed by atoms with E-state index in [1.54, 1.807) is 0 Å². The van der Waals surface area contributed by atoms with Crippen molar-refractivity contribution in [2.45, 2.75) is 39.2 Å². The fraction of sp³-hybridized carbons (Fsp3) is 0.433. The first kappa shape index (κ1) is 23.8. The van der Waals surface area contributed by atoms with E-state index in [1.807, 2.05) is 36.1 Å². The van der Waals surface area contributed by atoms with Crippen molar-refractivity contribution in [3.8, 4) is 0 Å². The molecule has 3 aliphatic rings. The van der Waals surface area contributed by atoms with Crippen LogP contribution in [0, 0.1) is 6.92 Å². The van der Waals surface area contributed by atoms with E-state index in [-0.39, 0.29) is 5.91 Å². The number of fused-ring (bicyclic) bond motifs is 1. The van der Waals surface area contributed by atoms with Crippen LogP contribution in [0.1, 0.15) is 46.4 Å². The molecule has 6 rings (SSSR count). The lowest BCUT2D eigenvalue weighted by molar-refractivity contribution is 0.0733. The number of hydrogen-bond donors (Lipinski definition) is 0. The summed E-state index contributed by atoms with van der Waals surface area (Å²) in [6.45, 7) is 9.07. The van der Waals surface area contributed by atoms with Gasteiger partial charge >= 0.3 is 0 Å². The summed E-state index contributed by atoms with van der Waals surface area (Å²) in [7, 11) is 0. The van der Waals surface area contributed by atoms with Crippen molar-refractivity contribution in [2.75, 3.05) is 60.5 Å². The lowest BCUT2D eigenvalue weighted by Gasteiger charge is -2.38. The minimum atomic E-state index is 0.106. The van der Waals surface area contributed by atoms with Gasteiger partial charge in [-0.3, -0.25) is 4.79 Å². The number of piperidine rings is 1. The minimum absolute atomic E-state index is 0.106. The molecular weight excluding hydrogens is 460 g/mol. The zero-order valence-electron chi connectivity index (χ0n) is 21.8. The van der Waals surface area contributed by atoms with Crippen LogP contribution >= 0.6 is 0 Å². The highest BCUT2D eigenvalue weighted by Crippen LogP contribution is 2.32. The second-order valence-electron chi connectivity index (χ2n) is 10.4. The number of benzene rings is 2. The lowest BCUT2D eigenvalue weighted by Crippen LogP contribution is -2.47. The van der Waals surface area contributed by atoms with Crippen LogP contribution in [0.2, 0.25) is 0 Å². The SMILES string of the molecule is Cc1ccccc1C(=O)N1CCc2nc(N3CCN(c4ccccc4)CC3)nc(N3CCCCC3)c2C1. The highest BCUT2D eigenvalue weighted by atomic mass is 16.2. The van der Waals surface area contributed by atoms with E-state index in [9.17, 15) is 4.79 Å². The standard InChI is InChI=1S/C30H36N6O/c1-23-10-6-7-13-25(23)29(37)36-17-14-27-26(22-36)28(34-15-8-3-9-16-34)32-30(31-27)35-20-18-33(19-21-35)24-11-4-2-5-12-24/h2,4-7,10-13H,3,8-9,14-22H2,1H3. The summed E-state index contributed by atoms with van der Waals surface area (Å²) >= 11 is 0. The topological polar surface area (TPSA) is 55.8 Å². The van der Waals surface area contributed by atoms with Gasteiger partial charge in [-0.25, -0.2) is 4.98 Å². The molecule has 0 unspecified atom stereocenters. The third kappa shape index (κ3) is 4.87. The molecule has 0 saturated carbocycles. The molecule has 2 aromatic carbocycles. The minimum Gasteiger partial charge on any atom is -0.368 e. The third-order valence-electron chi connectivity index (χ3n) is 8.03. The number of para-hydroxylation sites is 1. The molecular formula is C30H36N6O. The number of piperazine rings is 1. The number of aromatic nitrogens is 2. The molecule has 3 aromatic rings. The van der Waals surface area contributed by atoms with Crippen molar-refractivity contribution in [1.29, 1.82) is 0 Å². The summed E-state index contributed by atoms with van der Waals surface area (Å²) in [5.74, 6) is 2.01. The van der Waals surface area contributed by atoms with E-state index >= 15 is 0 Å². The summed E-state index contributed by atoms with van der Waals surface area (Å²) in [5, 5.41) is 0. The summed E-state index contributed by atoms with van der Waals surface area (Å²) in [6.07, 6.45) is 4.43. The summed E-state index contributed by atoms with van der Waals surface area (Å²) in [4.78, 5) is 33.0. The molecule has 0 atom stereocenters. The first-order valence-electron chi connectivity index (χ1n) is 13.7. The van der Waals surface area contributed by atoms with E-state index in [1.165, 1.54) is 24.9 Å². The molecule has 2 saturated heterocycles. The second kappa shape index (κ2) is 10.4. The zero-order valence-corrected chi connectivity index (χ0v) is 21.8. The second-order valence-corrected chi connectivity index (χ2v) is 10.4. The maximum atomic E-state index is 13.4. The molecule has 0 spiro atoms. The highest BCUT2D eigenvalue weighted by molar-refractivity contribution is 5.95. The Kier molecular flexibility index (Phi) is 6.68. The quantitative estimate of drug-likeness (QED) is 0.537. The van der Waals surface area contributed by atoms with E-state index in [4.69, 9.17) is 9.97 Å². The number of amides is 1. The molecule has 192 valence electrons. The highest BCUT2D eigenvalue weighted by Gasteiger charge is 2.30. The maximum Gasteiger partial charge on any atom is 0.254 e. The normalized spacial score (nSPS) is 18.1. The Bertz CT molecular complexity index is 1250. The molecule has 0 aliphatic carbocycles. The van der Waals surface area contributed by atoms with Crippen molar-refractivity contribution in [3.05, 3.63) is 77.0 Å². The first-order chi connectivity index (χ1) is 18.2. The molecule has 4 heterocycles. The fourth-order valence-corrected chi connectivity index (χ4v) is 5.85. The molecule has 7 nitrogen and oxygen atoms in total. The Labute approximate surface area is 219 Å². The van der Waals surface area contributed by atoms with Gasteiger partial charge in [0.2, 0.25) is 5.95 Å². The largest absolute Gasteiger partial charge is 0.368 e. The van der Waals surface area contributed by atoms with Gasteiger partial charge in [-0.15, -0.1) is 0 Å². The molecule has 0 bridgehead atoms. The van der Waals surface area contributed by atoms with Gasteiger partial charge in [-0.05, 0) is 49.9 Å². The average molecular weight is 497 g/mol. The molecule has 1 aromatic heterocycles. The van der Waals surface area contributed by atoms with E-state index < -0.39 is 0 Å². The first-order valence-corrected chi connectivity index (χ1v) is 13.7. The van der Waals surface area contributed by atoms with Crippen molar-refractivity contribution >= 4 is 23.4 Å². The molecule has 7 heteroatoms. The van der Waals surface area contributed by atoms with Crippen LogP contribution in [0.15, 0.2) is 54.6 Å². The van der Waals surface area contributed by atoms with Gasteiger partial charge in [-0.1, -0.05) is 36.4 Å². The molecule has 3 aliphatic heterocycles. The Morgan fingerprint density at radius 2 is 1.43 bits per heavy atom. The van der Waals surface area contributed by atoms with Crippen LogP contribution in [0.4, 0.5) is 17.5 Å². The number of aryl methyl sites for hydroxylation is 1. The Morgan fingerprint density at radius 3 is 2.19 bits per heavy atom. The van der Waals surface area contributed by atoms with Crippen LogP contribution in [0.25, 0.3) is 0 Å². The van der Waals surface area contributed by atoms with Crippen molar-refractivity contribution in [1.82, 2.24) is 14.9 Å². The van der Waals surface area contributed by atoms with Gasteiger partial charge in [-0.2, -0.15) is 4.98 Å². The van der Waals surface area contributed by atoms with Gasteiger partial charge < -0.3 is 19.6 Å². The van der Waals surface area contributed by atoms with E-state index in [0.29, 0.717) is 13.1 Å². The number of anilines is 3. The van der Waals surface area contributed by atoms with E-state index in [2.05, 4.69) is 45.0 Å². The monoisotopic (exact) mass is 496 g/mol. The van der Waals surface area contributed by atoms with Crippen LogP contribution < -0.4 is 14.7 Å². The van der Waals surface area contributed by atoms with Gasteiger partial charge in [0.15, 0.2) is 0 Å². The van der Waals surface area contributed by atoms with Crippen LogP contribution in [0.3, 0.4) is 0 Å². The summed E-state index contributed by atoms with van der Waals surface area (Å²) < 4.78 is 0. The van der Waals surface area contributed by atoms with Gasteiger partial charge in [0, 0.05) is 69.0 Å². The molecule has 2 fully saturated rings. The van der Waals surface area contributed by atoms with Crippen LogP contribution in [0.5, 0.6) is 0 Å². The molecule has 0 radical (unpaired) electrons. The van der Waals surface area contributed by atoms with Crippen LogP contribution in [-0.2, 0) is 13.0 Å². The third-order valence-corrected chi connectivity index (χ3v) is 8.03. The lowest BCUT2D eigenvalue weighted by atomic mass is 10.0. The number of carbonyl (C=O) groups excluding carboxylic acids is 1. The number of rotatable bonds is 4. The average Bonchev–Trinajstić information content (AvgIpc) is 2.97. The molecule has 37 heavy (non-hydrogen) atoms. The Hall–Kier alpha value is -3.61. The molecule has 1 amide bonds. The van der Waals surface area contributed by atoms with Crippen molar-refractivity contribution in [2.24, 2.45) is 0 Å². The molecule has 0 N–H and O–H groups in total. The van der Waals surface area contributed by atoms with Gasteiger partial charge in [0.1, 0.15) is 5.82 Å². The smallest absolute Gasteiger partial charge is 0.254 e. The predicted octanol–water partition coefficient (Wildman–Crippen LogP) is 4.30. The Balaban J connectivity index is 1.26. The predicted molar refractivity (Wildman–Crippen MR) is 149 cm³/mol. The maximum absolute atomic E-state index is 13.4. The van der Waals surface area contributed by atoms with E-state index in [0.717, 1.165) is 79.8 Å². The number of hydrogen-bond acceptors (Lipinski definition) is 6. The zero-order chi connectivity index (χ0) is 25.2. The number of nitrogens with zero attached hydrogens (tertiary/aromatic N) is 6. The fourth-order valence-electron chi connectivity index (χ4n) is 5.85. The van der Waals surface area contributed by atoms with Gasteiger partial charge in [0.05, 0.1) is 12.2 Å². The van der Waals surface area contributed by atoms with Crippen LogP contribution in [-0.4, -0.2) is 66.6 Å². The Morgan fingerprint density at radius 1 is 0.730 bits per heavy atom. The summed E-state index contributed by atoms with van der Waals surface area (Å²) in [6, 6.07) is 18.5. The van der Waals surface area contributed by atoms with Gasteiger partial charge in [0.25, 0.3) is 5.91 Å². The number of carbonyl (C=O) groups is 1. The van der Waals surface area contributed by atoms with Crippen molar-refractivity contribution in [3.63, 3.8) is 0 Å².